The van der Waals surface area contributed by atoms with E-state index in [1.165, 1.54) is 24.2 Å². The summed E-state index contributed by atoms with van der Waals surface area (Å²) in [6, 6.07) is 24.0. The Morgan fingerprint density at radius 1 is 0.806 bits per heavy atom. The predicted octanol–water partition coefficient (Wildman–Crippen LogP) is 6.11. The van der Waals surface area contributed by atoms with Gasteiger partial charge >= 0.3 is 0 Å². The molecule has 3 N–H and O–H groups in total. The third-order valence-electron chi connectivity index (χ3n) is 11.5. The highest BCUT2D eigenvalue weighted by molar-refractivity contribution is 6.08. The second kappa shape index (κ2) is 22.7. The van der Waals surface area contributed by atoms with Crippen LogP contribution in [0.3, 0.4) is 0 Å². The Morgan fingerprint density at radius 3 is 1.97 bits per heavy atom. The third-order valence-corrected chi connectivity index (χ3v) is 11.5. The number of carbonyl (C=O) groups excluding carboxylic acids is 5. The number of hydrogen-bond donors (Lipinski definition) is 3. The van der Waals surface area contributed by atoms with Gasteiger partial charge in [-0.25, -0.2) is 0 Å². The van der Waals surface area contributed by atoms with Crippen LogP contribution in [0.4, 0.5) is 0 Å². The molecule has 5 amide bonds. The van der Waals surface area contributed by atoms with Gasteiger partial charge in [0.1, 0.15) is 23.9 Å². The molecule has 0 aromatic heterocycles. The molecule has 62 heavy (non-hydrogen) atoms. The number of aryl methyl sites for hydroxylation is 1. The molecule has 4 atom stereocenters. The first-order valence-corrected chi connectivity index (χ1v) is 21.8. The molecule has 328 valence electrons. The first-order chi connectivity index (χ1) is 29.7. The van der Waals surface area contributed by atoms with Gasteiger partial charge in [-0.05, 0) is 105 Å². The number of nitrogens with one attached hydrogen (secondary N) is 3. The van der Waals surface area contributed by atoms with Crippen molar-refractivity contribution in [1.29, 1.82) is 5.26 Å². The number of methoxy groups -OCH3 is 1. The number of rotatable bonds is 19. The Labute approximate surface area is 366 Å². The lowest BCUT2D eigenvalue weighted by Gasteiger charge is -2.30. The van der Waals surface area contributed by atoms with Crippen LogP contribution in [0, 0.1) is 29.1 Å². The molecule has 2 aliphatic rings. The van der Waals surface area contributed by atoms with Gasteiger partial charge in [0.15, 0.2) is 0 Å². The average molecular weight is 843 g/mol. The summed E-state index contributed by atoms with van der Waals surface area (Å²) in [5.41, 5.74) is 4.43. The number of imide groups is 1. The fraction of sp³-hybridized carbons (Fsp3) is 0.440. The van der Waals surface area contributed by atoms with Crippen LogP contribution in [0.5, 0.6) is 0 Å². The summed E-state index contributed by atoms with van der Waals surface area (Å²) < 4.78 is 5.59. The molecule has 12 heteroatoms. The smallest absolute Gasteiger partial charge is 0.257 e. The molecular formula is C50H62N6O6. The summed E-state index contributed by atoms with van der Waals surface area (Å²) in [4.78, 5) is 72.1. The minimum Gasteiger partial charge on any atom is -0.499 e. The first kappa shape index (κ1) is 47.0. The van der Waals surface area contributed by atoms with Crippen molar-refractivity contribution in [1.82, 2.24) is 25.8 Å². The van der Waals surface area contributed by atoms with Gasteiger partial charge in [0.25, 0.3) is 11.8 Å². The molecule has 1 fully saturated rings. The zero-order valence-corrected chi connectivity index (χ0v) is 36.9. The fourth-order valence-electron chi connectivity index (χ4n) is 7.99. The molecule has 2 aliphatic heterocycles. The van der Waals surface area contributed by atoms with Crippen LogP contribution in [0.2, 0.25) is 0 Å². The maximum absolute atomic E-state index is 14.2. The Hall–Kier alpha value is -6.06. The van der Waals surface area contributed by atoms with E-state index in [4.69, 9.17) is 10.00 Å². The van der Waals surface area contributed by atoms with Crippen molar-refractivity contribution in [3.8, 4) is 17.2 Å². The Balaban J connectivity index is 1.31. The Morgan fingerprint density at radius 2 is 1.39 bits per heavy atom. The fourth-order valence-corrected chi connectivity index (χ4v) is 7.99. The normalized spacial score (nSPS) is 17.3. The zero-order chi connectivity index (χ0) is 44.8. The van der Waals surface area contributed by atoms with Gasteiger partial charge in [0.2, 0.25) is 17.7 Å². The van der Waals surface area contributed by atoms with Gasteiger partial charge in [-0.15, -0.1) is 0 Å². The SMILES string of the molecule is COC1=CC(=O)N(C(=O)/C=C/[C@H](CCc2ccccc2)NC(=O)[C@H](CC(C)C)NC(=O)[C@H](CC(C)C)NC(=O)C2CCN(C)CC2)C1Cc1ccc(-c2ccc(C#N)cc2)cc1. The van der Waals surface area contributed by atoms with E-state index in [2.05, 4.69) is 26.9 Å². The lowest BCUT2D eigenvalue weighted by Crippen LogP contribution is -2.56. The summed E-state index contributed by atoms with van der Waals surface area (Å²) in [5, 5.41) is 18.2. The monoisotopic (exact) mass is 842 g/mol. The van der Waals surface area contributed by atoms with Gasteiger partial charge in [0.05, 0.1) is 18.7 Å². The Kier molecular flexibility index (Phi) is 17.2. The number of nitriles is 1. The summed E-state index contributed by atoms with van der Waals surface area (Å²) in [6.07, 6.45) is 7.85. The lowest BCUT2D eigenvalue weighted by molar-refractivity contribution is -0.139. The molecule has 3 aromatic rings. The highest BCUT2D eigenvalue weighted by atomic mass is 16.5. The molecule has 1 unspecified atom stereocenters. The molecule has 3 aromatic carbocycles. The van der Waals surface area contributed by atoms with Gasteiger partial charge < -0.3 is 25.6 Å². The molecule has 1 saturated heterocycles. The van der Waals surface area contributed by atoms with Crippen molar-refractivity contribution >= 4 is 29.5 Å². The van der Waals surface area contributed by atoms with E-state index in [1.807, 2.05) is 101 Å². The molecule has 0 spiro atoms. The van der Waals surface area contributed by atoms with Crippen LogP contribution in [-0.4, -0.2) is 90.8 Å². The quantitative estimate of drug-likeness (QED) is 0.122. The van der Waals surface area contributed by atoms with Crippen LogP contribution < -0.4 is 16.0 Å². The van der Waals surface area contributed by atoms with Crippen molar-refractivity contribution in [2.75, 3.05) is 27.2 Å². The highest BCUT2D eigenvalue weighted by Crippen LogP contribution is 2.27. The van der Waals surface area contributed by atoms with Crippen molar-refractivity contribution in [3.63, 3.8) is 0 Å². The van der Waals surface area contributed by atoms with E-state index in [0.29, 0.717) is 43.4 Å². The van der Waals surface area contributed by atoms with Crippen LogP contribution >= 0.6 is 0 Å². The lowest BCUT2D eigenvalue weighted by atomic mass is 9.94. The number of piperidine rings is 1. The molecule has 0 radical (unpaired) electrons. The van der Waals surface area contributed by atoms with Crippen molar-refractivity contribution in [2.45, 2.75) is 96.8 Å². The number of benzene rings is 3. The molecule has 5 rings (SSSR count). The third kappa shape index (κ3) is 13.5. The molecule has 12 nitrogen and oxygen atoms in total. The van der Waals surface area contributed by atoms with Gasteiger partial charge in [-0.2, -0.15) is 5.26 Å². The highest BCUT2D eigenvalue weighted by Gasteiger charge is 2.38. The van der Waals surface area contributed by atoms with E-state index in [0.717, 1.165) is 48.2 Å². The second-order valence-electron chi connectivity index (χ2n) is 17.4. The maximum Gasteiger partial charge on any atom is 0.257 e. The summed E-state index contributed by atoms with van der Waals surface area (Å²) in [7, 11) is 3.51. The standard InChI is InChI=1S/C50H62N6O6/c1-33(2)28-42(54-50(61)43(29-34(3)4)53-48(59)40-24-26-55(5)27-25-40)49(60)52-41(21-16-35-10-8-7-9-11-35)22-23-46(57)56-44(45(62-6)31-47(56)58)30-36-12-17-38(18-13-36)39-19-14-37(32-51)15-20-39/h7-15,17-20,22-23,31,33-34,40-44H,16,21,24-30H2,1-6H3,(H,52,60)(H,53,59)(H,54,61)/b23-22+/t41-,42-,43-,44?/m0/s1. The molecule has 0 saturated carbocycles. The van der Waals surface area contributed by atoms with Crippen LogP contribution in [-0.2, 0) is 41.6 Å². The van der Waals surface area contributed by atoms with E-state index >= 15 is 0 Å². The number of nitrogens with zero attached hydrogens (tertiary/aromatic N) is 3. The van der Waals surface area contributed by atoms with Crippen molar-refractivity contribution in [3.05, 3.63) is 120 Å². The number of amides is 5. The van der Waals surface area contributed by atoms with Crippen LogP contribution in [0.15, 0.2) is 103 Å². The minimum atomic E-state index is -0.901. The van der Waals surface area contributed by atoms with Crippen molar-refractivity contribution < 1.29 is 28.7 Å². The number of carbonyl (C=O) groups is 5. The van der Waals surface area contributed by atoms with Gasteiger partial charge in [-0.1, -0.05) is 101 Å². The van der Waals surface area contributed by atoms with Crippen LogP contribution in [0.1, 0.15) is 76.5 Å². The average Bonchev–Trinajstić information content (AvgIpc) is 3.58. The first-order valence-electron chi connectivity index (χ1n) is 21.8. The van der Waals surface area contributed by atoms with E-state index < -0.39 is 47.8 Å². The number of ether oxygens (including phenoxy) is 1. The summed E-state index contributed by atoms with van der Waals surface area (Å²) >= 11 is 0. The molecular weight excluding hydrogens is 781 g/mol. The predicted molar refractivity (Wildman–Crippen MR) is 240 cm³/mol. The molecule has 0 aliphatic carbocycles. The van der Waals surface area contributed by atoms with Crippen molar-refractivity contribution in [2.24, 2.45) is 17.8 Å². The zero-order valence-electron chi connectivity index (χ0n) is 36.9. The largest absolute Gasteiger partial charge is 0.499 e. The topological polar surface area (TPSA) is 161 Å². The van der Waals surface area contributed by atoms with E-state index in [-0.39, 0.29) is 23.7 Å². The summed E-state index contributed by atoms with van der Waals surface area (Å²) in [5.74, 6) is -1.64. The second-order valence-corrected chi connectivity index (χ2v) is 17.4. The Bertz CT molecular complexity index is 2100. The summed E-state index contributed by atoms with van der Waals surface area (Å²) in [6.45, 7) is 9.57. The van der Waals surface area contributed by atoms with E-state index in [1.54, 1.807) is 18.2 Å². The minimum absolute atomic E-state index is 0.0519. The number of hydrogen-bond acceptors (Lipinski definition) is 8. The van der Waals surface area contributed by atoms with Crippen LogP contribution in [0.25, 0.3) is 11.1 Å². The van der Waals surface area contributed by atoms with E-state index in [9.17, 15) is 24.0 Å². The van der Waals surface area contributed by atoms with Gasteiger partial charge in [-0.3, -0.25) is 28.9 Å². The molecule has 2 heterocycles. The maximum atomic E-state index is 14.2. The van der Waals surface area contributed by atoms with Gasteiger partial charge in [0, 0.05) is 30.5 Å². The molecule has 0 bridgehead atoms. The number of likely N-dealkylation sites (tertiary alicyclic amines) is 1.